The van der Waals surface area contributed by atoms with E-state index in [1.807, 2.05) is 0 Å². The molecule has 0 spiro atoms. The van der Waals surface area contributed by atoms with E-state index in [0.717, 1.165) is 3.79 Å². The Morgan fingerprint density at radius 1 is 1.47 bits per heavy atom. The highest BCUT2D eigenvalue weighted by Crippen LogP contribution is 2.25. The molecule has 2 rings (SSSR count). The lowest BCUT2D eigenvalue weighted by molar-refractivity contribution is -0.0846. The van der Waals surface area contributed by atoms with E-state index < -0.39 is 10.0 Å². The molecule has 2 heterocycles. The summed E-state index contributed by atoms with van der Waals surface area (Å²) in [6.07, 6.45) is -0.207. The average molecular weight is 342 g/mol. The van der Waals surface area contributed by atoms with E-state index in [4.69, 9.17) is 9.47 Å². The predicted octanol–water partition coefficient (Wildman–Crippen LogP) is 1.20. The Morgan fingerprint density at radius 2 is 2.29 bits per heavy atom. The molecule has 0 saturated carbocycles. The second-order valence-corrected chi connectivity index (χ2v) is 7.93. The standard InChI is InChI=1S/C9H12BrNO4S2/c10-8-1-2-9(16-8)17(12,13)11-5-7-6-14-3-4-15-7/h1-2,7,11H,3-6H2. The quantitative estimate of drug-likeness (QED) is 0.893. The van der Waals surface area contributed by atoms with Gasteiger partial charge < -0.3 is 9.47 Å². The molecule has 1 fully saturated rings. The highest BCUT2D eigenvalue weighted by molar-refractivity contribution is 9.11. The summed E-state index contributed by atoms with van der Waals surface area (Å²) >= 11 is 4.41. The molecule has 8 heteroatoms. The Bertz CT molecular complexity index is 467. The molecule has 0 radical (unpaired) electrons. The third-order valence-corrected chi connectivity index (χ3v) is 5.74. The summed E-state index contributed by atoms with van der Waals surface area (Å²) in [4.78, 5) is 0. The van der Waals surface area contributed by atoms with Crippen molar-refractivity contribution in [2.75, 3.05) is 26.4 Å². The topological polar surface area (TPSA) is 64.6 Å². The molecule has 0 bridgehead atoms. The minimum atomic E-state index is -3.44. The Kier molecular flexibility index (Phi) is 4.56. The molecular formula is C9H12BrNO4S2. The van der Waals surface area contributed by atoms with E-state index in [1.54, 1.807) is 12.1 Å². The largest absolute Gasteiger partial charge is 0.376 e. The van der Waals surface area contributed by atoms with Gasteiger partial charge in [0.25, 0.3) is 0 Å². The Hall–Kier alpha value is 0.01000. The number of sulfonamides is 1. The van der Waals surface area contributed by atoms with E-state index in [-0.39, 0.29) is 12.6 Å². The minimum Gasteiger partial charge on any atom is -0.376 e. The van der Waals surface area contributed by atoms with Gasteiger partial charge in [-0.3, -0.25) is 0 Å². The van der Waals surface area contributed by atoms with Crippen LogP contribution in [0.5, 0.6) is 0 Å². The van der Waals surface area contributed by atoms with Crippen molar-refractivity contribution in [1.82, 2.24) is 4.72 Å². The van der Waals surface area contributed by atoms with Gasteiger partial charge in [0.05, 0.1) is 29.7 Å². The van der Waals surface area contributed by atoms with Gasteiger partial charge in [-0.2, -0.15) is 0 Å². The van der Waals surface area contributed by atoms with Crippen molar-refractivity contribution in [2.45, 2.75) is 10.3 Å². The van der Waals surface area contributed by atoms with Crippen molar-refractivity contribution < 1.29 is 17.9 Å². The van der Waals surface area contributed by atoms with Crippen LogP contribution < -0.4 is 4.72 Å². The smallest absolute Gasteiger partial charge is 0.250 e. The van der Waals surface area contributed by atoms with E-state index in [0.29, 0.717) is 24.0 Å². The van der Waals surface area contributed by atoms with Gasteiger partial charge in [-0.25, -0.2) is 13.1 Å². The average Bonchev–Trinajstić information content (AvgIpc) is 2.76. The van der Waals surface area contributed by atoms with Crippen LogP contribution in [0.25, 0.3) is 0 Å². The van der Waals surface area contributed by atoms with Crippen molar-refractivity contribution in [3.05, 3.63) is 15.9 Å². The number of halogens is 1. The highest BCUT2D eigenvalue weighted by atomic mass is 79.9. The minimum absolute atomic E-state index is 0.207. The first-order valence-electron chi connectivity index (χ1n) is 5.02. The SMILES string of the molecule is O=S(=O)(NCC1COCCO1)c1ccc(Br)s1. The number of rotatable bonds is 4. The summed E-state index contributed by atoms with van der Waals surface area (Å²) in [7, 11) is -3.44. The number of ether oxygens (including phenoxy) is 2. The fourth-order valence-corrected chi connectivity index (χ4v) is 4.49. The van der Waals surface area contributed by atoms with Gasteiger partial charge >= 0.3 is 0 Å². The molecular weight excluding hydrogens is 330 g/mol. The van der Waals surface area contributed by atoms with E-state index >= 15 is 0 Å². The second kappa shape index (κ2) is 5.77. The third-order valence-electron chi connectivity index (χ3n) is 2.20. The van der Waals surface area contributed by atoms with E-state index in [1.165, 1.54) is 11.3 Å². The number of hydrogen-bond donors (Lipinski definition) is 1. The van der Waals surface area contributed by atoms with Gasteiger partial charge in [0, 0.05) is 6.54 Å². The van der Waals surface area contributed by atoms with Gasteiger partial charge in [0.2, 0.25) is 10.0 Å². The Balaban J connectivity index is 1.93. The zero-order chi connectivity index (χ0) is 12.3. The fourth-order valence-electron chi connectivity index (χ4n) is 1.37. The molecule has 1 N–H and O–H groups in total. The summed E-state index contributed by atoms with van der Waals surface area (Å²) in [5.74, 6) is 0. The number of thiophene rings is 1. The van der Waals surface area contributed by atoms with Crippen LogP contribution in [0, 0.1) is 0 Å². The van der Waals surface area contributed by atoms with E-state index in [2.05, 4.69) is 20.7 Å². The molecule has 5 nitrogen and oxygen atoms in total. The van der Waals surface area contributed by atoms with Crippen molar-refractivity contribution in [3.63, 3.8) is 0 Å². The van der Waals surface area contributed by atoms with Crippen molar-refractivity contribution in [3.8, 4) is 0 Å². The first-order valence-corrected chi connectivity index (χ1v) is 8.11. The van der Waals surface area contributed by atoms with E-state index in [9.17, 15) is 8.42 Å². The zero-order valence-electron chi connectivity index (χ0n) is 8.89. The van der Waals surface area contributed by atoms with Crippen LogP contribution in [0.1, 0.15) is 0 Å². The predicted molar refractivity (Wildman–Crippen MR) is 67.8 cm³/mol. The Labute approximate surface area is 112 Å². The molecule has 1 aliphatic heterocycles. The second-order valence-electron chi connectivity index (χ2n) is 3.48. The molecule has 0 aliphatic carbocycles. The summed E-state index contributed by atoms with van der Waals surface area (Å²) in [5, 5.41) is 0. The van der Waals surface area contributed by atoms with Gasteiger partial charge in [-0.1, -0.05) is 0 Å². The molecule has 17 heavy (non-hydrogen) atoms. The molecule has 1 unspecified atom stereocenters. The lowest BCUT2D eigenvalue weighted by Crippen LogP contribution is -2.39. The summed E-state index contributed by atoms with van der Waals surface area (Å²) < 4.78 is 37.9. The van der Waals surface area contributed by atoms with Crippen LogP contribution in [0.15, 0.2) is 20.1 Å². The highest BCUT2D eigenvalue weighted by Gasteiger charge is 2.20. The third kappa shape index (κ3) is 3.73. The molecule has 1 aromatic rings. The lowest BCUT2D eigenvalue weighted by Gasteiger charge is -2.22. The van der Waals surface area contributed by atoms with Crippen molar-refractivity contribution in [1.29, 1.82) is 0 Å². The molecule has 1 aromatic heterocycles. The first kappa shape index (κ1) is 13.4. The number of hydrogen-bond acceptors (Lipinski definition) is 5. The summed E-state index contributed by atoms with van der Waals surface area (Å²) in [5.41, 5.74) is 0. The van der Waals surface area contributed by atoms with Crippen LogP contribution in [-0.4, -0.2) is 40.9 Å². The number of nitrogens with one attached hydrogen (secondary N) is 1. The molecule has 96 valence electrons. The van der Waals surface area contributed by atoms with Gasteiger partial charge in [-0.15, -0.1) is 11.3 Å². The van der Waals surface area contributed by atoms with Gasteiger partial charge in [0.1, 0.15) is 4.21 Å². The monoisotopic (exact) mass is 341 g/mol. The zero-order valence-corrected chi connectivity index (χ0v) is 12.1. The van der Waals surface area contributed by atoms with Crippen LogP contribution in [-0.2, 0) is 19.5 Å². The Morgan fingerprint density at radius 3 is 2.88 bits per heavy atom. The normalized spacial score (nSPS) is 21.6. The van der Waals surface area contributed by atoms with Crippen LogP contribution in [0.4, 0.5) is 0 Å². The lowest BCUT2D eigenvalue weighted by atomic mass is 10.3. The van der Waals surface area contributed by atoms with Gasteiger partial charge in [-0.05, 0) is 28.1 Å². The summed E-state index contributed by atoms with van der Waals surface area (Å²) in [6, 6.07) is 3.27. The van der Waals surface area contributed by atoms with Crippen LogP contribution in [0.3, 0.4) is 0 Å². The van der Waals surface area contributed by atoms with Crippen molar-refractivity contribution in [2.24, 2.45) is 0 Å². The first-order chi connectivity index (χ1) is 8.08. The molecule has 1 atom stereocenters. The maximum absolute atomic E-state index is 11.9. The maximum Gasteiger partial charge on any atom is 0.250 e. The molecule has 1 aliphatic rings. The maximum atomic E-state index is 11.9. The molecule has 1 saturated heterocycles. The fraction of sp³-hybridized carbons (Fsp3) is 0.556. The molecule has 0 amide bonds. The molecule has 0 aromatic carbocycles. The van der Waals surface area contributed by atoms with Gasteiger partial charge in [0.15, 0.2) is 0 Å². The summed E-state index contributed by atoms with van der Waals surface area (Å²) in [6.45, 7) is 1.74. The van der Waals surface area contributed by atoms with Crippen LogP contribution in [0.2, 0.25) is 0 Å². The van der Waals surface area contributed by atoms with Crippen LogP contribution >= 0.6 is 27.3 Å². The van der Waals surface area contributed by atoms with Crippen molar-refractivity contribution >= 4 is 37.3 Å².